The molecule has 0 aliphatic heterocycles. The first-order valence-electron chi connectivity index (χ1n) is 6.23. The summed E-state index contributed by atoms with van der Waals surface area (Å²) in [6.07, 6.45) is 2.32. The molecule has 104 valence electrons. The van der Waals surface area contributed by atoms with Crippen LogP contribution in [-0.2, 0) is 4.74 Å². The highest BCUT2D eigenvalue weighted by atomic mass is 127. The summed E-state index contributed by atoms with van der Waals surface area (Å²) >= 11 is 0. The Balaban J connectivity index is 0. The van der Waals surface area contributed by atoms with Crippen molar-refractivity contribution in [2.24, 2.45) is 10.9 Å². The van der Waals surface area contributed by atoms with Crippen molar-refractivity contribution in [2.45, 2.75) is 33.6 Å². The maximum atomic E-state index is 5.45. The molecule has 0 aromatic rings. The fourth-order valence-electron chi connectivity index (χ4n) is 1.11. The van der Waals surface area contributed by atoms with Gasteiger partial charge in [-0.2, -0.15) is 0 Å². The van der Waals surface area contributed by atoms with Crippen LogP contribution in [0, 0.1) is 5.92 Å². The van der Waals surface area contributed by atoms with E-state index in [4.69, 9.17) is 4.74 Å². The molecule has 0 aliphatic rings. The van der Waals surface area contributed by atoms with Gasteiger partial charge < -0.3 is 15.4 Å². The van der Waals surface area contributed by atoms with E-state index in [1.165, 1.54) is 6.42 Å². The molecule has 0 saturated carbocycles. The van der Waals surface area contributed by atoms with E-state index < -0.39 is 0 Å². The fraction of sp³-hybridized carbons (Fsp3) is 0.917. The van der Waals surface area contributed by atoms with Gasteiger partial charge in [-0.25, -0.2) is 0 Å². The molecular weight excluding hydrogens is 329 g/mol. The van der Waals surface area contributed by atoms with Gasteiger partial charge in [-0.1, -0.05) is 27.2 Å². The molecule has 0 aromatic heterocycles. The summed E-state index contributed by atoms with van der Waals surface area (Å²) in [6, 6.07) is 0. The van der Waals surface area contributed by atoms with Crippen molar-refractivity contribution in [2.75, 3.05) is 33.4 Å². The molecule has 0 unspecified atom stereocenters. The first-order chi connectivity index (χ1) is 7.70. The van der Waals surface area contributed by atoms with E-state index in [1.54, 1.807) is 7.05 Å². The molecule has 4 nitrogen and oxygen atoms in total. The zero-order valence-electron chi connectivity index (χ0n) is 11.6. The molecule has 0 bridgehead atoms. The molecule has 0 spiro atoms. The number of ether oxygens (including phenoxy) is 1. The third-order valence-corrected chi connectivity index (χ3v) is 2.08. The van der Waals surface area contributed by atoms with Crippen LogP contribution in [-0.4, -0.2) is 39.3 Å². The van der Waals surface area contributed by atoms with Crippen LogP contribution in [0.15, 0.2) is 4.99 Å². The number of halogens is 1. The number of aliphatic imine (C=N–C) groups is 1. The third kappa shape index (κ3) is 13.9. The number of unbranched alkanes of at least 4 members (excludes halogenated alkanes) is 1. The monoisotopic (exact) mass is 357 g/mol. The highest BCUT2D eigenvalue weighted by Gasteiger charge is 1.98. The number of nitrogens with one attached hydrogen (secondary N) is 2. The van der Waals surface area contributed by atoms with Crippen molar-refractivity contribution in [3.8, 4) is 0 Å². The lowest BCUT2D eigenvalue weighted by Crippen LogP contribution is -2.40. The molecule has 0 atom stereocenters. The number of hydrogen-bond acceptors (Lipinski definition) is 2. The quantitative estimate of drug-likeness (QED) is 0.303. The number of guanidine groups is 1. The highest BCUT2D eigenvalue weighted by Crippen LogP contribution is 1.87. The minimum Gasteiger partial charge on any atom is -0.380 e. The van der Waals surface area contributed by atoms with Crippen LogP contribution < -0.4 is 10.6 Å². The molecule has 0 radical (unpaired) electrons. The summed E-state index contributed by atoms with van der Waals surface area (Å²) in [7, 11) is 1.79. The van der Waals surface area contributed by atoms with Crippen molar-refractivity contribution in [3.63, 3.8) is 0 Å². The molecular formula is C12H28IN3O. The number of nitrogens with zero attached hydrogens (tertiary/aromatic N) is 1. The molecule has 0 rings (SSSR count). The summed E-state index contributed by atoms with van der Waals surface area (Å²) in [6.45, 7) is 9.86. The lowest BCUT2D eigenvalue weighted by molar-refractivity contribution is 0.136. The van der Waals surface area contributed by atoms with Crippen LogP contribution in [0.3, 0.4) is 0 Å². The largest absolute Gasteiger partial charge is 0.380 e. The second-order valence-corrected chi connectivity index (χ2v) is 4.24. The maximum absolute atomic E-state index is 5.45. The highest BCUT2D eigenvalue weighted by molar-refractivity contribution is 14.0. The fourth-order valence-corrected chi connectivity index (χ4v) is 1.11. The molecule has 0 heterocycles. The normalized spacial score (nSPS) is 11.2. The summed E-state index contributed by atoms with van der Waals surface area (Å²) in [5, 5.41) is 6.47. The van der Waals surface area contributed by atoms with Gasteiger partial charge >= 0.3 is 0 Å². The van der Waals surface area contributed by atoms with Crippen molar-refractivity contribution in [3.05, 3.63) is 0 Å². The Morgan fingerprint density at radius 3 is 2.47 bits per heavy atom. The predicted octanol–water partition coefficient (Wildman–Crippen LogP) is 2.24. The zero-order valence-corrected chi connectivity index (χ0v) is 13.9. The zero-order chi connectivity index (χ0) is 12.2. The third-order valence-electron chi connectivity index (χ3n) is 2.08. The Hall–Kier alpha value is -0.0400. The van der Waals surface area contributed by atoms with Crippen molar-refractivity contribution in [1.29, 1.82) is 0 Å². The number of rotatable bonds is 8. The van der Waals surface area contributed by atoms with Crippen LogP contribution in [0.4, 0.5) is 0 Å². The van der Waals surface area contributed by atoms with Gasteiger partial charge in [0.05, 0.1) is 6.61 Å². The molecule has 0 amide bonds. The number of hydrogen-bond donors (Lipinski definition) is 2. The van der Waals surface area contributed by atoms with Gasteiger partial charge in [0, 0.05) is 26.7 Å². The summed E-state index contributed by atoms with van der Waals surface area (Å²) in [5.41, 5.74) is 0. The lowest BCUT2D eigenvalue weighted by atomic mass is 10.2. The van der Waals surface area contributed by atoms with Gasteiger partial charge in [-0.3, -0.25) is 4.99 Å². The Morgan fingerprint density at radius 2 is 1.94 bits per heavy atom. The van der Waals surface area contributed by atoms with Gasteiger partial charge in [0.25, 0.3) is 0 Å². The molecule has 2 N–H and O–H groups in total. The average molecular weight is 357 g/mol. The van der Waals surface area contributed by atoms with Gasteiger partial charge in [-0.15, -0.1) is 24.0 Å². The summed E-state index contributed by atoms with van der Waals surface area (Å²) in [4.78, 5) is 4.13. The van der Waals surface area contributed by atoms with Crippen LogP contribution in [0.5, 0.6) is 0 Å². The van der Waals surface area contributed by atoms with Gasteiger partial charge in [0.15, 0.2) is 5.96 Å². The Bertz CT molecular complexity index is 187. The van der Waals surface area contributed by atoms with E-state index in [-0.39, 0.29) is 24.0 Å². The van der Waals surface area contributed by atoms with Gasteiger partial charge in [0.2, 0.25) is 0 Å². The Morgan fingerprint density at radius 1 is 1.24 bits per heavy atom. The molecule has 0 aromatic carbocycles. The molecule has 0 saturated heterocycles. The lowest BCUT2D eigenvalue weighted by Gasteiger charge is -2.13. The minimum absolute atomic E-state index is 0. The van der Waals surface area contributed by atoms with Crippen LogP contribution in [0.1, 0.15) is 33.6 Å². The Kier molecular flexibility index (Phi) is 15.9. The van der Waals surface area contributed by atoms with Crippen LogP contribution in [0.2, 0.25) is 0 Å². The smallest absolute Gasteiger partial charge is 0.191 e. The van der Waals surface area contributed by atoms with Crippen molar-refractivity contribution < 1.29 is 4.74 Å². The standard InChI is InChI=1S/C12H27N3O.HI/c1-5-6-8-16-9-7-14-12(13-4)15-10-11(2)3;/h11H,5-10H2,1-4H3,(H2,13,14,15);1H. The minimum atomic E-state index is 0. The van der Waals surface area contributed by atoms with Crippen molar-refractivity contribution >= 4 is 29.9 Å². The van der Waals surface area contributed by atoms with Crippen LogP contribution >= 0.6 is 24.0 Å². The summed E-state index contributed by atoms with van der Waals surface area (Å²) < 4.78 is 5.45. The van der Waals surface area contributed by atoms with E-state index in [1.807, 2.05) is 0 Å². The molecule has 0 aliphatic carbocycles. The second-order valence-electron chi connectivity index (χ2n) is 4.24. The Labute approximate surface area is 123 Å². The average Bonchev–Trinajstić information content (AvgIpc) is 2.27. The molecule has 5 heteroatoms. The van der Waals surface area contributed by atoms with E-state index in [0.29, 0.717) is 5.92 Å². The van der Waals surface area contributed by atoms with E-state index in [0.717, 1.165) is 38.7 Å². The predicted molar refractivity (Wildman–Crippen MR) is 85.3 cm³/mol. The van der Waals surface area contributed by atoms with Gasteiger partial charge in [0.1, 0.15) is 0 Å². The first-order valence-corrected chi connectivity index (χ1v) is 6.23. The first kappa shape index (κ1) is 19.3. The van der Waals surface area contributed by atoms with E-state index in [2.05, 4.69) is 36.4 Å². The van der Waals surface area contributed by atoms with Crippen LogP contribution in [0.25, 0.3) is 0 Å². The van der Waals surface area contributed by atoms with Crippen molar-refractivity contribution in [1.82, 2.24) is 10.6 Å². The SMILES string of the molecule is CCCCOCCNC(=NC)NCC(C)C.I. The summed E-state index contributed by atoms with van der Waals surface area (Å²) in [5.74, 6) is 1.48. The second kappa shape index (κ2) is 14.0. The van der Waals surface area contributed by atoms with Gasteiger partial charge in [-0.05, 0) is 12.3 Å². The van der Waals surface area contributed by atoms with E-state index >= 15 is 0 Å². The molecule has 0 fully saturated rings. The van der Waals surface area contributed by atoms with E-state index in [9.17, 15) is 0 Å². The topological polar surface area (TPSA) is 45.6 Å². The maximum Gasteiger partial charge on any atom is 0.191 e. The molecule has 17 heavy (non-hydrogen) atoms.